The average molecular weight is 275 g/mol. The predicted octanol–water partition coefficient (Wildman–Crippen LogP) is 2.60. The number of aryl methyl sites for hydroxylation is 1. The first-order chi connectivity index (χ1) is 9.70. The van der Waals surface area contributed by atoms with Gasteiger partial charge in [0.25, 0.3) is 0 Å². The molecule has 0 bridgehead atoms. The molecule has 0 saturated heterocycles. The van der Waals surface area contributed by atoms with Gasteiger partial charge in [0.2, 0.25) is 5.89 Å². The lowest BCUT2D eigenvalue weighted by molar-refractivity contribution is 0.286. The number of rotatable bonds is 5. The number of halogens is 1. The third-order valence-electron chi connectivity index (χ3n) is 3.80. The highest BCUT2D eigenvalue weighted by atomic mass is 19.1. The van der Waals surface area contributed by atoms with Gasteiger partial charge in [0, 0.05) is 19.0 Å². The summed E-state index contributed by atoms with van der Waals surface area (Å²) in [5.41, 5.74) is 1.11. The van der Waals surface area contributed by atoms with Crippen molar-refractivity contribution < 1.29 is 8.91 Å². The summed E-state index contributed by atoms with van der Waals surface area (Å²) in [5.74, 6) is 1.69. The first-order valence-electron chi connectivity index (χ1n) is 6.99. The van der Waals surface area contributed by atoms with Crippen LogP contribution in [0.15, 0.2) is 28.8 Å². The molecule has 0 atom stereocenters. The Morgan fingerprint density at radius 1 is 1.40 bits per heavy atom. The molecule has 106 valence electrons. The van der Waals surface area contributed by atoms with Gasteiger partial charge >= 0.3 is 0 Å². The molecule has 0 aliphatic heterocycles. The van der Waals surface area contributed by atoms with Gasteiger partial charge in [-0.1, -0.05) is 17.3 Å². The summed E-state index contributed by atoms with van der Waals surface area (Å²) >= 11 is 0. The summed E-state index contributed by atoms with van der Waals surface area (Å²) in [4.78, 5) is 4.16. The highest BCUT2D eigenvalue weighted by Gasteiger charge is 2.29. The van der Waals surface area contributed by atoms with Gasteiger partial charge in [-0.25, -0.2) is 4.39 Å². The molecule has 2 aromatic rings. The van der Waals surface area contributed by atoms with Crippen molar-refractivity contribution in [1.29, 1.82) is 0 Å². The van der Waals surface area contributed by atoms with Crippen molar-refractivity contribution in [3.63, 3.8) is 0 Å². The topological polar surface area (TPSA) is 51.0 Å². The fourth-order valence-corrected chi connectivity index (χ4v) is 2.64. The van der Waals surface area contributed by atoms with Gasteiger partial charge in [-0.3, -0.25) is 0 Å². The van der Waals surface area contributed by atoms with Crippen molar-refractivity contribution in [2.75, 3.05) is 6.54 Å². The van der Waals surface area contributed by atoms with E-state index < -0.39 is 0 Å². The molecule has 3 rings (SSSR count). The van der Waals surface area contributed by atoms with E-state index in [9.17, 15) is 4.39 Å². The minimum atomic E-state index is -0.148. The van der Waals surface area contributed by atoms with Crippen LogP contribution in [0.5, 0.6) is 0 Å². The highest BCUT2D eigenvalue weighted by Crippen LogP contribution is 2.36. The molecule has 20 heavy (non-hydrogen) atoms. The second kappa shape index (κ2) is 5.71. The number of aromatic nitrogens is 2. The molecule has 5 heteroatoms. The number of nitrogens with zero attached hydrogens (tertiary/aromatic N) is 2. The Morgan fingerprint density at radius 2 is 2.25 bits per heavy atom. The third kappa shape index (κ3) is 3.04. The molecule has 1 aliphatic carbocycles. The summed E-state index contributed by atoms with van der Waals surface area (Å²) in [7, 11) is 0. The van der Waals surface area contributed by atoms with Gasteiger partial charge in [-0.05, 0) is 43.4 Å². The van der Waals surface area contributed by atoms with E-state index in [0.717, 1.165) is 31.4 Å². The summed E-state index contributed by atoms with van der Waals surface area (Å²) in [6.45, 7) is 2.65. The highest BCUT2D eigenvalue weighted by molar-refractivity contribution is 5.23. The van der Waals surface area contributed by atoms with Crippen molar-refractivity contribution >= 4 is 0 Å². The Bertz CT molecular complexity index is 578. The lowest BCUT2D eigenvalue weighted by Crippen LogP contribution is -2.41. The number of nitrogens with one attached hydrogen (secondary N) is 1. The molecular formula is C15H18FN3O. The predicted molar refractivity (Wildman–Crippen MR) is 72.9 cm³/mol. The van der Waals surface area contributed by atoms with E-state index in [0.29, 0.717) is 23.7 Å². The largest absolute Gasteiger partial charge is 0.339 e. The average Bonchev–Trinajstić information content (AvgIpc) is 2.78. The van der Waals surface area contributed by atoms with Gasteiger partial charge in [-0.2, -0.15) is 4.98 Å². The summed E-state index contributed by atoms with van der Waals surface area (Å²) < 4.78 is 18.2. The Balaban J connectivity index is 1.40. The molecule has 4 nitrogen and oxygen atoms in total. The van der Waals surface area contributed by atoms with Crippen LogP contribution in [0.2, 0.25) is 0 Å². The van der Waals surface area contributed by atoms with Crippen LogP contribution in [-0.2, 0) is 6.42 Å². The standard InChI is InChI=1S/C15H18FN3O/c1-10-18-15(20-19-10)5-6-17-14-8-12(9-14)11-3-2-4-13(16)7-11/h2-4,7,12,14,17H,5-6,8-9H2,1H3. The van der Waals surface area contributed by atoms with Crippen LogP contribution in [0, 0.1) is 12.7 Å². The van der Waals surface area contributed by atoms with Crippen molar-refractivity contribution in [1.82, 2.24) is 15.5 Å². The zero-order valence-electron chi connectivity index (χ0n) is 11.5. The van der Waals surface area contributed by atoms with E-state index in [1.165, 1.54) is 6.07 Å². The second-order valence-electron chi connectivity index (χ2n) is 5.36. The van der Waals surface area contributed by atoms with E-state index in [1.54, 1.807) is 12.1 Å². The van der Waals surface area contributed by atoms with Crippen LogP contribution in [0.3, 0.4) is 0 Å². The molecule has 1 fully saturated rings. The molecule has 0 spiro atoms. The van der Waals surface area contributed by atoms with E-state index in [1.807, 2.05) is 13.0 Å². The van der Waals surface area contributed by atoms with E-state index in [-0.39, 0.29) is 5.82 Å². The van der Waals surface area contributed by atoms with Crippen LogP contribution in [0.1, 0.15) is 36.0 Å². The van der Waals surface area contributed by atoms with Crippen LogP contribution in [0.25, 0.3) is 0 Å². The van der Waals surface area contributed by atoms with Crippen molar-refractivity contribution in [2.45, 2.75) is 38.1 Å². The van der Waals surface area contributed by atoms with Crippen molar-refractivity contribution in [3.8, 4) is 0 Å². The van der Waals surface area contributed by atoms with E-state index in [4.69, 9.17) is 4.52 Å². The summed E-state index contributed by atoms with van der Waals surface area (Å²) in [6, 6.07) is 7.42. The Kier molecular flexibility index (Phi) is 3.78. The molecule has 1 aliphatic rings. The molecule has 1 aromatic heterocycles. The summed E-state index contributed by atoms with van der Waals surface area (Å²) in [6.07, 6.45) is 2.88. The first-order valence-corrected chi connectivity index (χ1v) is 6.99. The molecule has 0 unspecified atom stereocenters. The maximum Gasteiger partial charge on any atom is 0.227 e. The molecule has 1 heterocycles. The summed E-state index contributed by atoms with van der Waals surface area (Å²) in [5, 5.41) is 7.23. The molecule has 0 amide bonds. The molecule has 0 radical (unpaired) electrons. The van der Waals surface area contributed by atoms with Gasteiger partial charge in [0.05, 0.1) is 0 Å². The molecule has 1 aromatic carbocycles. The van der Waals surface area contributed by atoms with Gasteiger partial charge in [0.1, 0.15) is 5.82 Å². The van der Waals surface area contributed by atoms with Crippen LogP contribution in [-0.4, -0.2) is 22.7 Å². The number of hydrogen-bond donors (Lipinski definition) is 1. The lowest BCUT2D eigenvalue weighted by Gasteiger charge is -2.36. The first kappa shape index (κ1) is 13.2. The van der Waals surface area contributed by atoms with Crippen molar-refractivity contribution in [3.05, 3.63) is 47.4 Å². The Labute approximate surface area is 117 Å². The minimum absolute atomic E-state index is 0.148. The van der Waals surface area contributed by atoms with Gasteiger partial charge in [-0.15, -0.1) is 0 Å². The van der Waals surface area contributed by atoms with E-state index in [2.05, 4.69) is 15.5 Å². The lowest BCUT2D eigenvalue weighted by atomic mass is 9.76. The Morgan fingerprint density at radius 3 is 2.95 bits per heavy atom. The third-order valence-corrected chi connectivity index (χ3v) is 3.80. The maximum atomic E-state index is 13.1. The van der Waals surface area contributed by atoms with Crippen molar-refractivity contribution in [2.24, 2.45) is 0 Å². The SMILES string of the molecule is Cc1noc(CCNC2CC(c3cccc(F)c3)C2)n1. The maximum absolute atomic E-state index is 13.1. The monoisotopic (exact) mass is 275 g/mol. The molecule has 1 N–H and O–H groups in total. The quantitative estimate of drug-likeness (QED) is 0.911. The van der Waals surface area contributed by atoms with Gasteiger partial charge in [0.15, 0.2) is 5.82 Å². The van der Waals surface area contributed by atoms with Crippen LogP contribution < -0.4 is 5.32 Å². The Hall–Kier alpha value is -1.75. The molecular weight excluding hydrogens is 257 g/mol. The smallest absolute Gasteiger partial charge is 0.227 e. The van der Waals surface area contributed by atoms with E-state index >= 15 is 0 Å². The van der Waals surface area contributed by atoms with Crippen LogP contribution in [0.4, 0.5) is 4.39 Å². The zero-order valence-corrected chi connectivity index (χ0v) is 11.5. The fourth-order valence-electron chi connectivity index (χ4n) is 2.64. The zero-order chi connectivity index (χ0) is 13.9. The van der Waals surface area contributed by atoms with Crippen LogP contribution >= 0.6 is 0 Å². The second-order valence-corrected chi connectivity index (χ2v) is 5.36. The molecule has 1 saturated carbocycles. The number of hydrogen-bond acceptors (Lipinski definition) is 4. The number of benzene rings is 1. The van der Waals surface area contributed by atoms with Gasteiger partial charge < -0.3 is 9.84 Å². The fraction of sp³-hybridized carbons (Fsp3) is 0.467. The normalized spacial score (nSPS) is 21.7. The minimum Gasteiger partial charge on any atom is -0.339 e.